The number of amides is 1. The topological polar surface area (TPSA) is 63.1 Å². The summed E-state index contributed by atoms with van der Waals surface area (Å²) in [5.41, 5.74) is 0.744. The average molecular weight is 263 g/mol. The molecule has 0 radical (unpaired) electrons. The third kappa shape index (κ3) is 3.89. The van der Waals surface area contributed by atoms with Gasteiger partial charge in [-0.2, -0.15) is 5.10 Å². The second kappa shape index (κ2) is 6.20. The Bertz CT molecular complexity index is 485. The zero-order valence-electron chi connectivity index (χ0n) is 9.92. The van der Waals surface area contributed by atoms with E-state index in [1.165, 1.54) is 11.8 Å². The minimum atomic E-state index is -0.0351. The van der Waals surface area contributed by atoms with Gasteiger partial charge in [0, 0.05) is 0 Å². The van der Waals surface area contributed by atoms with E-state index in [0.29, 0.717) is 17.5 Å². The van der Waals surface area contributed by atoms with Crippen LogP contribution < -0.4 is 10.1 Å². The van der Waals surface area contributed by atoms with E-state index in [9.17, 15) is 4.79 Å². The second-order valence-corrected chi connectivity index (χ2v) is 4.64. The molecule has 1 aromatic rings. The lowest BCUT2D eigenvalue weighted by Gasteiger charge is -2.04. The summed E-state index contributed by atoms with van der Waals surface area (Å²) in [5, 5.41) is 11.1. The highest BCUT2D eigenvalue weighted by Crippen LogP contribution is 2.09. The number of carbonyl (C=O) groups is 1. The predicted molar refractivity (Wildman–Crippen MR) is 73.1 cm³/mol. The van der Waals surface area contributed by atoms with Gasteiger partial charge in [-0.1, -0.05) is 30.0 Å². The Hall–Kier alpha value is -1.82. The minimum absolute atomic E-state index is 0.0351. The molecule has 1 fully saturated rings. The van der Waals surface area contributed by atoms with Crippen LogP contribution in [0.5, 0.6) is 5.75 Å². The molecule has 94 valence electrons. The van der Waals surface area contributed by atoms with E-state index >= 15 is 0 Å². The third-order valence-corrected chi connectivity index (χ3v) is 2.95. The van der Waals surface area contributed by atoms with Crippen LogP contribution in [-0.2, 0) is 4.79 Å². The summed E-state index contributed by atoms with van der Waals surface area (Å²) in [7, 11) is 0. The standard InChI is InChI=1S/C12H13N3O2S/c1-9(7-17-10-5-3-2-4-6-10)14-15-12-13-11(16)8-18-12/h2-6H,7-8H2,1H3,(H,13,15,16)/b14-9+. The molecular weight excluding hydrogens is 250 g/mol. The average Bonchev–Trinajstić information content (AvgIpc) is 2.81. The smallest absolute Gasteiger partial charge is 0.236 e. The van der Waals surface area contributed by atoms with Gasteiger partial charge in [0.25, 0.3) is 0 Å². The zero-order valence-corrected chi connectivity index (χ0v) is 10.7. The second-order valence-electron chi connectivity index (χ2n) is 3.68. The highest BCUT2D eigenvalue weighted by Gasteiger charge is 2.16. The Balaban J connectivity index is 1.84. The number of thioether (sulfide) groups is 1. The molecule has 1 aliphatic heterocycles. The largest absolute Gasteiger partial charge is 0.488 e. The van der Waals surface area contributed by atoms with Crippen molar-refractivity contribution in [1.82, 2.24) is 5.32 Å². The lowest BCUT2D eigenvalue weighted by molar-refractivity contribution is -0.116. The van der Waals surface area contributed by atoms with E-state index in [1.807, 2.05) is 37.3 Å². The summed E-state index contributed by atoms with van der Waals surface area (Å²) in [4.78, 5) is 10.9. The van der Waals surface area contributed by atoms with Crippen LogP contribution in [0.2, 0.25) is 0 Å². The number of benzene rings is 1. The maximum Gasteiger partial charge on any atom is 0.236 e. The molecule has 0 atom stereocenters. The predicted octanol–water partition coefficient (Wildman–Crippen LogP) is 1.66. The highest BCUT2D eigenvalue weighted by atomic mass is 32.2. The fraction of sp³-hybridized carbons (Fsp3) is 0.250. The lowest BCUT2D eigenvalue weighted by atomic mass is 10.3. The third-order valence-electron chi connectivity index (χ3n) is 2.09. The summed E-state index contributed by atoms with van der Waals surface area (Å²) in [6, 6.07) is 9.51. The molecule has 0 spiro atoms. The summed E-state index contributed by atoms with van der Waals surface area (Å²) >= 11 is 1.35. The number of hydrogen-bond acceptors (Lipinski definition) is 5. The SMILES string of the molecule is C/C(COc1ccccc1)=N\N=C1/NC(=O)CS1. The van der Waals surface area contributed by atoms with Gasteiger partial charge in [0.2, 0.25) is 5.91 Å². The molecule has 1 aliphatic rings. The van der Waals surface area contributed by atoms with Gasteiger partial charge in [-0.05, 0) is 19.1 Å². The number of rotatable bonds is 4. The number of nitrogens with one attached hydrogen (secondary N) is 1. The Morgan fingerprint density at radius 2 is 2.22 bits per heavy atom. The molecule has 1 N–H and O–H groups in total. The summed E-state index contributed by atoms with van der Waals surface area (Å²) in [6.45, 7) is 2.20. The fourth-order valence-electron chi connectivity index (χ4n) is 1.24. The summed E-state index contributed by atoms with van der Waals surface area (Å²) in [5.74, 6) is 1.17. The van der Waals surface area contributed by atoms with Crippen LogP contribution in [-0.4, -0.2) is 29.1 Å². The van der Waals surface area contributed by atoms with Crippen LogP contribution >= 0.6 is 11.8 Å². The van der Waals surface area contributed by atoms with Crippen molar-refractivity contribution in [2.24, 2.45) is 10.2 Å². The van der Waals surface area contributed by atoms with E-state index in [4.69, 9.17) is 4.74 Å². The molecule has 1 saturated heterocycles. The molecule has 0 aliphatic carbocycles. The van der Waals surface area contributed by atoms with Crippen molar-refractivity contribution in [2.75, 3.05) is 12.4 Å². The first-order valence-electron chi connectivity index (χ1n) is 5.45. The van der Waals surface area contributed by atoms with E-state index in [2.05, 4.69) is 15.5 Å². The molecular formula is C12H13N3O2S. The van der Waals surface area contributed by atoms with E-state index in [-0.39, 0.29) is 5.91 Å². The fourth-order valence-corrected chi connectivity index (χ4v) is 1.87. The summed E-state index contributed by atoms with van der Waals surface area (Å²) < 4.78 is 5.51. The van der Waals surface area contributed by atoms with Crippen molar-refractivity contribution in [3.8, 4) is 5.75 Å². The van der Waals surface area contributed by atoms with Crippen molar-refractivity contribution >= 4 is 28.5 Å². The first kappa shape index (κ1) is 12.6. The van der Waals surface area contributed by atoms with Crippen molar-refractivity contribution < 1.29 is 9.53 Å². The van der Waals surface area contributed by atoms with Gasteiger partial charge in [-0.15, -0.1) is 5.10 Å². The van der Waals surface area contributed by atoms with Gasteiger partial charge in [-0.25, -0.2) is 0 Å². The van der Waals surface area contributed by atoms with Crippen LogP contribution in [0.25, 0.3) is 0 Å². The molecule has 1 amide bonds. The van der Waals surface area contributed by atoms with Crippen molar-refractivity contribution in [3.63, 3.8) is 0 Å². The summed E-state index contributed by atoms with van der Waals surface area (Å²) in [6.07, 6.45) is 0. The zero-order chi connectivity index (χ0) is 12.8. The molecule has 5 nitrogen and oxygen atoms in total. The number of amidine groups is 1. The van der Waals surface area contributed by atoms with Gasteiger partial charge < -0.3 is 10.1 Å². The minimum Gasteiger partial charge on any atom is -0.488 e. The number of ether oxygens (including phenoxy) is 1. The molecule has 0 unspecified atom stereocenters. The molecule has 6 heteroatoms. The van der Waals surface area contributed by atoms with Crippen LogP contribution in [0.3, 0.4) is 0 Å². The van der Waals surface area contributed by atoms with Crippen LogP contribution in [0.4, 0.5) is 0 Å². The van der Waals surface area contributed by atoms with Crippen LogP contribution in [0.15, 0.2) is 40.5 Å². The van der Waals surface area contributed by atoms with Gasteiger partial charge in [-0.3, -0.25) is 4.79 Å². The van der Waals surface area contributed by atoms with Gasteiger partial charge in [0.1, 0.15) is 12.4 Å². The molecule has 2 rings (SSSR count). The molecule has 1 heterocycles. The van der Waals surface area contributed by atoms with Gasteiger partial charge in [0.15, 0.2) is 5.17 Å². The van der Waals surface area contributed by atoms with E-state index in [1.54, 1.807) is 0 Å². The molecule has 18 heavy (non-hydrogen) atoms. The van der Waals surface area contributed by atoms with Gasteiger partial charge >= 0.3 is 0 Å². The molecule has 1 aromatic carbocycles. The van der Waals surface area contributed by atoms with Gasteiger partial charge in [0.05, 0.1) is 11.5 Å². The van der Waals surface area contributed by atoms with Crippen molar-refractivity contribution in [1.29, 1.82) is 0 Å². The molecule has 0 aromatic heterocycles. The first-order valence-corrected chi connectivity index (χ1v) is 6.44. The van der Waals surface area contributed by atoms with E-state index in [0.717, 1.165) is 11.5 Å². The Morgan fingerprint density at radius 1 is 1.44 bits per heavy atom. The molecule has 0 saturated carbocycles. The normalized spacial score (nSPS) is 17.9. The Labute approximate surface area is 109 Å². The Morgan fingerprint density at radius 3 is 2.89 bits per heavy atom. The van der Waals surface area contributed by atoms with Crippen LogP contribution in [0, 0.1) is 0 Å². The quantitative estimate of drug-likeness (QED) is 0.663. The number of para-hydroxylation sites is 1. The van der Waals surface area contributed by atoms with E-state index < -0.39 is 0 Å². The Kier molecular flexibility index (Phi) is 4.35. The lowest BCUT2D eigenvalue weighted by Crippen LogP contribution is -2.20. The number of hydrogen-bond donors (Lipinski definition) is 1. The maximum atomic E-state index is 10.9. The number of carbonyl (C=O) groups excluding carboxylic acids is 1. The van der Waals surface area contributed by atoms with Crippen molar-refractivity contribution in [3.05, 3.63) is 30.3 Å². The first-order chi connectivity index (χ1) is 8.74. The van der Waals surface area contributed by atoms with Crippen LogP contribution in [0.1, 0.15) is 6.92 Å². The molecule has 0 bridgehead atoms. The highest BCUT2D eigenvalue weighted by molar-refractivity contribution is 8.15. The van der Waals surface area contributed by atoms with Crippen molar-refractivity contribution in [2.45, 2.75) is 6.92 Å². The number of nitrogens with zero attached hydrogens (tertiary/aromatic N) is 2. The monoisotopic (exact) mass is 263 g/mol. The maximum absolute atomic E-state index is 10.9.